The molecule has 1 aromatic rings. The van der Waals surface area contributed by atoms with Gasteiger partial charge in [-0.1, -0.05) is 50.1 Å². The van der Waals surface area contributed by atoms with Crippen molar-refractivity contribution >= 4 is 5.91 Å². The molecule has 0 heterocycles. The van der Waals surface area contributed by atoms with Crippen molar-refractivity contribution in [1.82, 2.24) is 5.32 Å². The maximum Gasteiger partial charge on any atom is 0.237 e. The first-order valence-corrected chi connectivity index (χ1v) is 6.13. The van der Waals surface area contributed by atoms with Gasteiger partial charge in [0.1, 0.15) is 0 Å². The van der Waals surface area contributed by atoms with Gasteiger partial charge in [0.05, 0.1) is 6.04 Å². The largest absolute Gasteiger partial charge is 0.351 e. The second kappa shape index (κ2) is 6.40. The zero-order chi connectivity index (χ0) is 12.8. The molecule has 0 aliphatic rings. The summed E-state index contributed by atoms with van der Waals surface area (Å²) in [6, 6.07) is 7.68. The summed E-state index contributed by atoms with van der Waals surface area (Å²) in [7, 11) is 0. The summed E-state index contributed by atoms with van der Waals surface area (Å²) < 4.78 is 0. The molecule has 1 aromatic carbocycles. The maximum absolute atomic E-state index is 11.8. The molecular weight excluding hydrogens is 212 g/mol. The van der Waals surface area contributed by atoms with Crippen molar-refractivity contribution in [2.24, 2.45) is 11.7 Å². The highest BCUT2D eigenvalue weighted by Crippen LogP contribution is 2.06. The third kappa shape index (κ3) is 4.19. The Morgan fingerprint density at radius 3 is 2.76 bits per heavy atom. The summed E-state index contributed by atoms with van der Waals surface area (Å²) in [4.78, 5) is 11.8. The molecule has 0 bridgehead atoms. The number of hydrogen-bond acceptors (Lipinski definition) is 2. The molecule has 0 spiro atoms. The Bertz CT molecular complexity index is 376. The van der Waals surface area contributed by atoms with Crippen LogP contribution in [0.3, 0.4) is 0 Å². The van der Waals surface area contributed by atoms with Crippen molar-refractivity contribution in [3.63, 3.8) is 0 Å². The quantitative estimate of drug-likeness (QED) is 0.818. The molecule has 17 heavy (non-hydrogen) atoms. The number of amides is 1. The Morgan fingerprint density at radius 1 is 1.47 bits per heavy atom. The smallest absolute Gasteiger partial charge is 0.237 e. The zero-order valence-corrected chi connectivity index (χ0v) is 10.9. The molecule has 1 unspecified atom stereocenters. The van der Waals surface area contributed by atoms with Gasteiger partial charge in [-0.05, 0) is 18.4 Å². The van der Waals surface area contributed by atoms with Gasteiger partial charge in [0.2, 0.25) is 5.91 Å². The number of rotatable bonds is 5. The van der Waals surface area contributed by atoms with Crippen LogP contribution >= 0.6 is 0 Å². The summed E-state index contributed by atoms with van der Waals surface area (Å²) in [5.41, 5.74) is 8.16. The first-order valence-electron chi connectivity index (χ1n) is 6.13. The molecule has 0 saturated carbocycles. The van der Waals surface area contributed by atoms with Gasteiger partial charge >= 0.3 is 0 Å². The standard InChI is InChI=1S/C14H22N2O/c1-4-11(3)13(15)14(17)16-9-12-7-5-6-10(2)8-12/h5-8,11,13H,4,9,15H2,1-3H3,(H,16,17)/t11?,13-/m0/s1. The number of benzene rings is 1. The number of hydrogen-bond donors (Lipinski definition) is 2. The summed E-state index contributed by atoms with van der Waals surface area (Å²) >= 11 is 0. The Balaban J connectivity index is 2.48. The van der Waals surface area contributed by atoms with Crippen LogP contribution in [0.2, 0.25) is 0 Å². The SMILES string of the molecule is CCC(C)[C@H](N)C(=O)NCc1cccc(C)c1. The van der Waals surface area contributed by atoms with Gasteiger partial charge in [-0.25, -0.2) is 0 Å². The fourth-order valence-electron chi connectivity index (χ4n) is 1.64. The molecule has 0 aliphatic heterocycles. The van der Waals surface area contributed by atoms with Crippen molar-refractivity contribution < 1.29 is 4.79 Å². The topological polar surface area (TPSA) is 55.1 Å². The molecular formula is C14H22N2O. The monoisotopic (exact) mass is 234 g/mol. The molecule has 1 amide bonds. The highest BCUT2D eigenvalue weighted by molar-refractivity contribution is 5.81. The minimum Gasteiger partial charge on any atom is -0.351 e. The molecule has 94 valence electrons. The van der Waals surface area contributed by atoms with Gasteiger partial charge in [0, 0.05) is 6.54 Å². The molecule has 0 saturated heterocycles. The average Bonchev–Trinajstić information content (AvgIpc) is 2.34. The molecule has 0 fully saturated rings. The van der Waals surface area contributed by atoms with E-state index in [1.807, 2.05) is 39.0 Å². The van der Waals surface area contributed by atoms with E-state index >= 15 is 0 Å². The molecule has 3 heteroatoms. The molecule has 2 atom stereocenters. The Kier molecular flexibility index (Phi) is 5.16. The van der Waals surface area contributed by atoms with Gasteiger partial charge in [-0.2, -0.15) is 0 Å². The van der Waals surface area contributed by atoms with Crippen LogP contribution in [0.1, 0.15) is 31.4 Å². The Hall–Kier alpha value is -1.35. The van der Waals surface area contributed by atoms with Crippen molar-refractivity contribution in [2.75, 3.05) is 0 Å². The van der Waals surface area contributed by atoms with E-state index in [9.17, 15) is 4.79 Å². The Labute approximate surface area is 103 Å². The lowest BCUT2D eigenvalue weighted by Gasteiger charge is -2.17. The fraction of sp³-hybridized carbons (Fsp3) is 0.500. The molecule has 0 aromatic heterocycles. The molecule has 1 rings (SSSR count). The number of carbonyl (C=O) groups is 1. The second-order valence-electron chi connectivity index (χ2n) is 4.62. The van der Waals surface area contributed by atoms with Crippen molar-refractivity contribution in [1.29, 1.82) is 0 Å². The van der Waals surface area contributed by atoms with E-state index < -0.39 is 6.04 Å². The fourth-order valence-corrected chi connectivity index (χ4v) is 1.64. The number of carbonyl (C=O) groups excluding carboxylic acids is 1. The van der Waals surface area contributed by atoms with E-state index in [2.05, 4.69) is 11.4 Å². The van der Waals surface area contributed by atoms with Crippen LogP contribution in [-0.4, -0.2) is 11.9 Å². The van der Waals surface area contributed by atoms with E-state index in [1.54, 1.807) is 0 Å². The van der Waals surface area contributed by atoms with E-state index in [-0.39, 0.29) is 11.8 Å². The predicted octanol–water partition coefficient (Wildman–Crippen LogP) is 1.98. The molecule has 0 radical (unpaired) electrons. The highest BCUT2D eigenvalue weighted by atomic mass is 16.2. The molecule has 3 N–H and O–H groups in total. The van der Waals surface area contributed by atoms with E-state index in [0.717, 1.165) is 12.0 Å². The maximum atomic E-state index is 11.8. The third-order valence-corrected chi connectivity index (χ3v) is 3.11. The summed E-state index contributed by atoms with van der Waals surface area (Å²) in [5.74, 6) is 0.147. The van der Waals surface area contributed by atoms with Gasteiger partial charge in [0.15, 0.2) is 0 Å². The predicted molar refractivity (Wildman–Crippen MR) is 70.5 cm³/mol. The number of nitrogens with two attached hydrogens (primary N) is 1. The average molecular weight is 234 g/mol. The van der Waals surface area contributed by atoms with Crippen LogP contribution in [0.15, 0.2) is 24.3 Å². The summed E-state index contributed by atoms with van der Waals surface area (Å²) in [6.45, 7) is 6.62. The van der Waals surface area contributed by atoms with E-state index in [4.69, 9.17) is 5.73 Å². The Morgan fingerprint density at radius 2 is 2.18 bits per heavy atom. The minimum absolute atomic E-state index is 0.0687. The summed E-state index contributed by atoms with van der Waals surface area (Å²) in [6.07, 6.45) is 0.916. The third-order valence-electron chi connectivity index (χ3n) is 3.11. The normalized spacial score (nSPS) is 14.1. The number of aryl methyl sites for hydroxylation is 1. The van der Waals surface area contributed by atoms with E-state index in [0.29, 0.717) is 6.54 Å². The number of nitrogens with one attached hydrogen (secondary N) is 1. The minimum atomic E-state index is -0.412. The first kappa shape index (κ1) is 13.7. The van der Waals surface area contributed by atoms with Crippen molar-refractivity contribution in [3.8, 4) is 0 Å². The van der Waals surface area contributed by atoms with Crippen LogP contribution in [0.25, 0.3) is 0 Å². The lowest BCUT2D eigenvalue weighted by molar-refractivity contribution is -0.123. The van der Waals surface area contributed by atoms with Crippen LogP contribution in [0, 0.1) is 12.8 Å². The zero-order valence-electron chi connectivity index (χ0n) is 10.9. The second-order valence-corrected chi connectivity index (χ2v) is 4.62. The van der Waals surface area contributed by atoms with Gasteiger partial charge in [-0.3, -0.25) is 4.79 Å². The van der Waals surface area contributed by atoms with Crippen LogP contribution in [-0.2, 0) is 11.3 Å². The van der Waals surface area contributed by atoms with E-state index in [1.165, 1.54) is 5.56 Å². The van der Waals surface area contributed by atoms with Crippen molar-refractivity contribution in [2.45, 2.75) is 39.8 Å². The van der Waals surface area contributed by atoms with Gasteiger partial charge in [-0.15, -0.1) is 0 Å². The van der Waals surface area contributed by atoms with Gasteiger partial charge in [0.25, 0.3) is 0 Å². The van der Waals surface area contributed by atoms with Crippen molar-refractivity contribution in [3.05, 3.63) is 35.4 Å². The lowest BCUT2D eigenvalue weighted by atomic mass is 9.99. The summed E-state index contributed by atoms with van der Waals surface area (Å²) in [5, 5.41) is 2.88. The lowest BCUT2D eigenvalue weighted by Crippen LogP contribution is -2.44. The molecule has 0 aliphatic carbocycles. The van der Waals surface area contributed by atoms with Crippen LogP contribution in [0.4, 0.5) is 0 Å². The van der Waals surface area contributed by atoms with Gasteiger partial charge < -0.3 is 11.1 Å². The first-order chi connectivity index (χ1) is 8.04. The van der Waals surface area contributed by atoms with Crippen LogP contribution < -0.4 is 11.1 Å². The molecule has 3 nitrogen and oxygen atoms in total. The van der Waals surface area contributed by atoms with Crippen LogP contribution in [0.5, 0.6) is 0 Å². The highest BCUT2D eigenvalue weighted by Gasteiger charge is 2.18.